The summed E-state index contributed by atoms with van der Waals surface area (Å²) < 4.78 is 10.6. The lowest BCUT2D eigenvalue weighted by Crippen LogP contribution is -1.98. The average molecular weight is 591 g/mol. The van der Waals surface area contributed by atoms with Crippen molar-refractivity contribution in [1.82, 2.24) is 19.3 Å². The number of para-hydroxylation sites is 1. The third kappa shape index (κ3) is 5.40. The predicted molar refractivity (Wildman–Crippen MR) is 185 cm³/mol. The van der Waals surface area contributed by atoms with Gasteiger partial charge in [-0.15, -0.1) is 0 Å². The standard InChI is InChI=1S/C40H38N4O/c1-6-10-29-20-28(5)40(36(21-29)26(2)3)30-24-42-43(25-30)31-11-9-12-32(22-31)45-33-15-16-35-34-13-7-8-14-37(34)44(38(35)23-33)39-19-27(4)17-18-41-39/h7-9,11-26H,6,10H2,1-5H3. The van der Waals surface area contributed by atoms with Gasteiger partial charge in [-0.25, -0.2) is 9.67 Å². The number of hydrogen-bond acceptors (Lipinski definition) is 3. The van der Waals surface area contributed by atoms with Gasteiger partial charge in [-0.2, -0.15) is 5.10 Å². The highest BCUT2D eigenvalue weighted by Crippen LogP contribution is 2.36. The minimum atomic E-state index is 0.424. The van der Waals surface area contributed by atoms with Crippen molar-refractivity contribution in [2.24, 2.45) is 0 Å². The molecule has 224 valence electrons. The monoisotopic (exact) mass is 590 g/mol. The van der Waals surface area contributed by atoms with Gasteiger partial charge in [0.05, 0.1) is 22.9 Å². The molecule has 4 aromatic carbocycles. The maximum Gasteiger partial charge on any atom is 0.137 e. The highest BCUT2D eigenvalue weighted by atomic mass is 16.5. The van der Waals surface area contributed by atoms with E-state index in [1.54, 1.807) is 0 Å². The van der Waals surface area contributed by atoms with Crippen LogP contribution in [0.15, 0.2) is 110 Å². The molecule has 0 aliphatic heterocycles. The number of ether oxygens (including phenoxy) is 1. The van der Waals surface area contributed by atoms with Gasteiger partial charge in [0.15, 0.2) is 0 Å². The van der Waals surface area contributed by atoms with Crippen LogP contribution in [0.5, 0.6) is 11.5 Å². The van der Waals surface area contributed by atoms with E-state index in [1.807, 2.05) is 47.4 Å². The van der Waals surface area contributed by atoms with E-state index in [2.05, 4.69) is 106 Å². The van der Waals surface area contributed by atoms with Gasteiger partial charge >= 0.3 is 0 Å². The van der Waals surface area contributed by atoms with Gasteiger partial charge in [-0.1, -0.05) is 63.6 Å². The van der Waals surface area contributed by atoms with Crippen molar-refractivity contribution in [3.63, 3.8) is 0 Å². The Morgan fingerprint density at radius 3 is 2.44 bits per heavy atom. The molecule has 0 aliphatic rings. The normalized spacial score (nSPS) is 11.6. The van der Waals surface area contributed by atoms with E-state index in [4.69, 9.17) is 14.8 Å². The van der Waals surface area contributed by atoms with E-state index < -0.39 is 0 Å². The lowest BCUT2D eigenvalue weighted by Gasteiger charge is -2.17. The number of nitrogens with zero attached hydrogens (tertiary/aromatic N) is 4. The molecule has 0 spiro atoms. The summed E-state index contributed by atoms with van der Waals surface area (Å²) in [5, 5.41) is 7.13. The molecule has 5 nitrogen and oxygen atoms in total. The SMILES string of the molecule is CCCc1cc(C)c(-c2cnn(-c3cccc(Oc4ccc5c6ccccc6n(-c6cc(C)ccn6)c5c4)c3)c2)c(C(C)C)c1. The first-order valence-electron chi connectivity index (χ1n) is 15.8. The lowest BCUT2D eigenvalue weighted by atomic mass is 9.88. The Morgan fingerprint density at radius 2 is 1.62 bits per heavy atom. The van der Waals surface area contributed by atoms with Crippen molar-refractivity contribution in [3.8, 4) is 34.1 Å². The Labute approximate surface area is 264 Å². The van der Waals surface area contributed by atoms with Gasteiger partial charge in [-0.05, 0) is 96.5 Å². The molecule has 5 heteroatoms. The zero-order valence-electron chi connectivity index (χ0n) is 26.6. The molecule has 7 rings (SSSR count). The number of pyridine rings is 1. The largest absolute Gasteiger partial charge is 0.457 e. The molecule has 7 aromatic rings. The van der Waals surface area contributed by atoms with Crippen molar-refractivity contribution >= 4 is 21.8 Å². The fraction of sp³-hybridized carbons (Fsp3) is 0.200. The zero-order chi connectivity index (χ0) is 31.1. The first-order chi connectivity index (χ1) is 21.9. The summed E-state index contributed by atoms with van der Waals surface area (Å²) in [4.78, 5) is 4.71. The molecule has 0 aliphatic carbocycles. The predicted octanol–water partition coefficient (Wildman–Crippen LogP) is 10.5. The molecule has 45 heavy (non-hydrogen) atoms. The average Bonchev–Trinajstić information content (AvgIpc) is 3.64. The van der Waals surface area contributed by atoms with Crippen molar-refractivity contribution in [1.29, 1.82) is 0 Å². The van der Waals surface area contributed by atoms with Crippen LogP contribution in [0.1, 0.15) is 55.4 Å². The van der Waals surface area contributed by atoms with E-state index in [0.29, 0.717) is 5.92 Å². The minimum absolute atomic E-state index is 0.424. The maximum atomic E-state index is 6.48. The fourth-order valence-electron chi connectivity index (χ4n) is 6.50. The van der Waals surface area contributed by atoms with E-state index in [9.17, 15) is 0 Å². The summed E-state index contributed by atoms with van der Waals surface area (Å²) in [6.45, 7) is 11.1. The Hall–Kier alpha value is -5.16. The van der Waals surface area contributed by atoms with Crippen LogP contribution in [-0.2, 0) is 6.42 Å². The Bertz CT molecular complexity index is 2170. The highest BCUT2D eigenvalue weighted by molar-refractivity contribution is 6.09. The molecule has 3 heterocycles. The summed E-state index contributed by atoms with van der Waals surface area (Å²) in [7, 11) is 0. The molecule has 0 radical (unpaired) electrons. The van der Waals surface area contributed by atoms with E-state index in [0.717, 1.165) is 57.8 Å². The topological polar surface area (TPSA) is 44.9 Å². The highest BCUT2D eigenvalue weighted by Gasteiger charge is 2.17. The molecule has 0 N–H and O–H groups in total. The molecule has 0 saturated carbocycles. The quantitative estimate of drug-likeness (QED) is 0.177. The van der Waals surface area contributed by atoms with Crippen molar-refractivity contribution in [2.75, 3.05) is 0 Å². The minimum Gasteiger partial charge on any atom is -0.457 e. The number of benzene rings is 4. The van der Waals surface area contributed by atoms with Crippen LogP contribution in [0.3, 0.4) is 0 Å². The maximum absolute atomic E-state index is 6.48. The van der Waals surface area contributed by atoms with Gasteiger partial charge in [0, 0.05) is 40.9 Å². The molecule has 0 amide bonds. The van der Waals surface area contributed by atoms with Crippen LogP contribution < -0.4 is 4.74 Å². The van der Waals surface area contributed by atoms with E-state index >= 15 is 0 Å². The van der Waals surface area contributed by atoms with Crippen LogP contribution in [-0.4, -0.2) is 19.3 Å². The van der Waals surface area contributed by atoms with Gasteiger partial charge in [0.1, 0.15) is 17.3 Å². The van der Waals surface area contributed by atoms with Gasteiger partial charge in [0.2, 0.25) is 0 Å². The first-order valence-corrected chi connectivity index (χ1v) is 15.8. The van der Waals surface area contributed by atoms with Crippen molar-refractivity contribution < 1.29 is 4.74 Å². The second-order valence-electron chi connectivity index (χ2n) is 12.3. The van der Waals surface area contributed by atoms with Crippen LogP contribution in [0, 0.1) is 13.8 Å². The number of fused-ring (bicyclic) bond motifs is 3. The molecule has 0 fully saturated rings. The smallest absolute Gasteiger partial charge is 0.137 e. The fourth-order valence-corrected chi connectivity index (χ4v) is 6.50. The second-order valence-corrected chi connectivity index (χ2v) is 12.3. The number of aryl methyl sites for hydroxylation is 3. The van der Waals surface area contributed by atoms with Crippen LogP contribution in [0.25, 0.3) is 44.4 Å². The second kappa shape index (κ2) is 11.7. The zero-order valence-corrected chi connectivity index (χ0v) is 26.6. The summed E-state index contributed by atoms with van der Waals surface area (Å²) in [5.74, 6) is 2.84. The molecule has 3 aromatic heterocycles. The Morgan fingerprint density at radius 1 is 0.800 bits per heavy atom. The Kier molecular flexibility index (Phi) is 7.46. The number of hydrogen-bond donors (Lipinski definition) is 0. The molecular weight excluding hydrogens is 552 g/mol. The number of aromatic nitrogens is 4. The van der Waals surface area contributed by atoms with Gasteiger partial charge in [0.25, 0.3) is 0 Å². The summed E-state index contributed by atoms with van der Waals surface area (Å²) in [6.07, 6.45) is 8.22. The third-order valence-electron chi connectivity index (χ3n) is 8.55. The van der Waals surface area contributed by atoms with Crippen molar-refractivity contribution in [2.45, 2.75) is 53.4 Å². The number of rotatable bonds is 8. The van der Waals surface area contributed by atoms with Gasteiger partial charge in [-0.3, -0.25) is 4.57 Å². The van der Waals surface area contributed by atoms with Crippen LogP contribution in [0.2, 0.25) is 0 Å². The molecular formula is C40H38N4O. The van der Waals surface area contributed by atoms with Crippen LogP contribution in [0.4, 0.5) is 0 Å². The lowest BCUT2D eigenvalue weighted by molar-refractivity contribution is 0.483. The summed E-state index contributed by atoms with van der Waals surface area (Å²) in [6, 6.07) is 31.7. The van der Waals surface area contributed by atoms with Gasteiger partial charge < -0.3 is 4.74 Å². The molecule has 0 bridgehead atoms. The molecule has 0 saturated heterocycles. The van der Waals surface area contributed by atoms with Crippen LogP contribution >= 0.6 is 0 Å². The first kappa shape index (κ1) is 28.6. The molecule has 0 unspecified atom stereocenters. The van der Waals surface area contributed by atoms with E-state index in [1.165, 1.54) is 33.2 Å². The molecule has 0 atom stereocenters. The van der Waals surface area contributed by atoms with Crippen molar-refractivity contribution in [3.05, 3.63) is 132 Å². The summed E-state index contributed by atoms with van der Waals surface area (Å²) in [5.41, 5.74) is 10.8. The Balaban J connectivity index is 1.23. The summed E-state index contributed by atoms with van der Waals surface area (Å²) >= 11 is 0. The van der Waals surface area contributed by atoms with E-state index in [-0.39, 0.29) is 0 Å². The third-order valence-corrected chi connectivity index (χ3v) is 8.55.